The predicted octanol–water partition coefficient (Wildman–Crippen LogP) is 16.6. The number of hydrogen-bond donors (Lipinski definition) is 2. The Hall–Kier alpha value is -7.35. The van der Waals surface area contributed by atoms with Crippen molar-refractivity contribution in [2.45, 2.75) is 40.4 Å². The first kappa shape index (κ1) is 66.2. The summed E-state index contributed by atoms with van der Waals surface area (Å²) < 4.78 is 111. The van der Waals surface area contributed by atoms with Crippen LogP contribution in [0.4, 0.5) is 26.3 Å². The number of aryl methyl sites for hydroxylation is 2. The number of methoxy groups -OCH3 is 4. The minimum atomic E-state index is -4.74. The molecule has 0 bridgehead atoms. The van der Waals surface area contributed by atoms with Crippen LogP contribution in [0, 0.1) is 13.8 Å². The summed E-state index contributed by atoms with van der Waals surface area (Å²) in [5, 5.41) is 8.52. The quantitative estimate of drug-likeness (QED) is 0.0674. The zero-order chi connectivity index (χ0) is 60.4. The van der Waals surface area contributed by atoms with E-state index < -0.39 is 23.9 Å². The second-order valence-electron chi connectivity index (χ2n) is 16.5. The van der Waals surface area contributed by atoms with Gasteiger partial charge >= 0.3 is 23.9 Å². The first-order valence-corrected chi connectivity index (χ1v) is 28.4. The molecule has 0 aliphatic rings. The largest absolute Gasteiger partial charge is 0.573 e. The Labute approximate surface area is 480 Å². The molecule has 1 amide bonds. The van der Waals surface area contributed by atoms with Crippen LogP contribution in [0.3, 0.4) is 0 Å². The van der Waals surface area contributed by atoms with E-state index in [4.69, 9.17) is 35.7 Å². The van der Waals surface area contributed by atoms with Crippen molar-refractivity contribution < 1.29 is 74.0 Å². The van der Waals surface area contributed by atoms with Gasteiger partial charge in [0.25, 0.3) is 11.5 Å². The molecule has 8 aromatic rings. The number of fused-ring (bicyclic) bond motifs is 2. The fourth-order valence-corrected chi connectivity index (χ4v) is 7.61. The lowest BCUT2D eigenvalue weighted by Crippen LogP contribution is -2.30. The molecule has 14 nitrogen and oxygen atoms in total. The van der Waals surface area contributed by atoms with Crippen LogP contribution in [-0.4, -0.2) is 86.1 Å². The Morgan fingerprint density at radius 2 is 0.963 bits per heavy atom. The average molecular weight is 1230 g/mol. The molecule has 0 aliphatic heterocycles. The van der Waals surface area contributed by atoms with Crippen molar-refractivity contribution in [3.63, 3.8) is 0 Å². The number of nitrogens with zero attached hydrogens (tertiary/aromatic N) is 2. The van der Waals surface area contributed by atoms with Gasteiger partial charge in [-0.3, -0.25) is 14.2 Å². The molecule has 2 N–H and O–H groups in total. The van der Waals surface area contributed by atoms with Crippen LogP contribution >= 0.6 is 50.5 Å². The molecule has 432 valence electrons. The SMILES string of the molecule is CCN(CC)C(=O)c1ccc(OC)cc1C.COc1ccc(C(=O)O)c(C)c1.COc1ccc2c(=O)[nH]c(-c3ccc(OC(F)(F)F)cc3)cc2c1.COc1ccc2c(Cl)nc(-c3ccc(OC(F)(F)F)cc3)cc2c1.O=P(Cl)(Cl)Cl. The highest BCUT2D eigenvalue weighted by Crippen LogP contribution is 2.61. The number of hydrogen-bond acceptors (Lipinski definition) is 11. The van der Waals surface area contributed by atoms with Crippen molar-refractivity contribution in [1.82, 2.24) is 14.9 Å². The zero-order valence-electron chi connectivity index (χ0n) is 44.3. The zero-order valence-corrected chi connectivity index (χ0v) is 48.2. The molecule has 0 unspecified atom stereocenters. The number of carbonyl (C=O) groups is 2. The van der Waals surface area contributed by atoms with Crippen LogP contribution in [0.1, 0.15) is 45.7 Å². The molecule has 2 heterocycles. The Kier molecular flexibility index (Phi) is 24.4. The van der Waals surface area contributed by atoms with Gasteiger partial charge in [-0.05, 0) is 222 Å². The van der Waals surface area contributed by atoms with Crippen LogP contribution in [0.2, 0.25) is 5.15 Å². The minimum absolute atomic E-state index is 0.0881. The van der Waals surface area contributed by atoms with Gasteiger partial charge in [-0.25, -0.2) is 9.78 Å². The third-order valence-corrected chi connectivity index (χ3v) is 11.5. The highest BCUT2D eigenvalue weighted by Gasteiger charge is 2.32. The standard InChI is InChI=1S/C17H11ClF3NO2.C17H12F3NO3.C13H19NO2.C9H10O3.Cl3OP/c1-23-13-6-7-14-11(8-13)9-15(22-16(14)18)10-2-4-12(5-3-10)24-17(19,20)21;1-23-13-6-7-14-11(8-13)9-15(21-16(14)22)10-2-4-12(5-3-10)24-17(18,19)20;1-5-14(6-2)13(15)12-8-7-11(16-4)9-10(12)3;1-6-5-7(12-2)3-4-8(6)9(10)11;1-5(2,3)4/h2-9H,1H3;2-9H,1H3,(H,21,22);7-9H,5-6H2,1-4H3;3-5H,1-2H3,(H,10,11);. The summed E-state index contributed by atoms with van der Waals surface area (Å²) in [6.45, 7) is 9.12. The molecule has 8 rings (SSSR count). The van der Waals surface area contributed by atoms with Crippen molar-refractivity contribution in [3.8, 4) is 57.0 Å². The summed E-state index contributed by atoms with van der Waals surface area (Å²) in [5.74, 6) is 1.31. The van der Waals surface area contributed by atoms with Crippen LogP contribution in [0.5, 0.6) is 34.5 Å². The van der Waals surface area contributed by atoms with Gasteiger partial charge in [-0.1, -0.05) is 11.6 Å². The number of carbonyl (C=O) groups excluding carboxylic acids is 1. The molecule has 6 aromatic carbocycles. The molecule has 81 heavy (non-hydrogen) atoms. The lowest BCUT2D eigenvalue weighted by molar-refractivity contribution is -0.275. The number of halogens is 10. The van der Waals surface area contributed by atoms with Crippen molar-refractivity contribution in [3.05, 3.63) is 171 Å². The topological polar surface area (TPSA) is 176 Å². The predicted molar refractivity (Wildman–Crippen MR) is 304 cm³/mol. The molecule has 0 spiro atoms. The van der Waals surface area contributed by atoms with Crippen molar-refractivity contribution >= 4 is 83.9 Å². The van der Waals surface area contributed by atoms with E-state index in [9.17, 15) is 45.3 Å². The Morgan fingerprint density at radius 1 is 0.580 bits per heavy atom. The van der Waals surface area contributed by atoms with Crippen LogP contribution < -0.4 is 34.0 Å². The summed E-state index contributed by atoms with van der Waals surface area (Å²) in [6, 6.07) is 35.1. The van der Waals surface area contributed by atoms with Crippen molar-refractivity contribution in [2.24, 2.45) is 0 Å². The Morgan fingerprint density at radius 3 is 1.37 bits per heavy atom. The Balaban J connectivity index is 0.000000233. The number of pyridine rings is 2. The summed E-state index contributed by atoms with van der Waals surface area (Å²) in [6.07, 6.45) is -9.46. The van der Waals surface area contributed by atoms with Crippen LogP contribution in [0.15, 0.2) is 138 Å². The molecule has 25 heteroatoms. The van der Waals surface area contributed by atoms with Gasteiger partial charge in [0.1, 0.15) is 39.7 Å². The number of H-pyrrole nitrogens is 1. The number of aromatic carboxylic acids is 1. The molecule has 0 radical (unpaired) electrons. The maximum absolute atomic E-state index is 12.2. The summed E-state index contributed by atoms with van der Waals surface area (Å²) in [4.78, 5) is 43.7. The van der Waals surface area contributed by atoms with Crippen molar-refractivity contribution in [1.29, 1.82) is 0 Å². The maximum atomic E-state index is 12.2. The first-order chi connectivity index (χ1) is 38.0. The normalized spacial score (nSPS) is 10.9. The third kappa shape index (κ3) is 21.2. The molecule has 0 saturated heterocycles. The third-order valence-electron chi connectivity index (χ3n) is 11.2. The van der Waals surface area contributed by atoms with Gasteiger partial charge in [0, 0.05) is 40.7 Å². The van der Waals surface area contributed by atoms with Gasteiger partial charge in [-0.2, -0.15) is 0 Å². The summed E-state index contributed by atoms with van der Waals surface area (Å²) in [5.41, 5.74) is 4.65. The van der Waals surface area contributed by atoms with Gasteiger partial charge < -0.3 is 43.4 Å². The molecular formula is C56H52Cl4F6N3O11P. The fourth-order valence-electron chi connectivity index (χ4n) is 7.35. The number of carboxylic acids is 1. The van der Waals surface area contributed by atoms with E-state index in [0.29, 0.717) is 66.8 Å². The van der Waals surface area contributed by atoms with Gasteiger partial charge in [0.15, 0.2) is 0 Å². The van der Waals surface area contributed by atoms with E-state index in [0.717, 1.165) is 40.7 Å². The van der Waals surface area contributed by atoms with Crippen LogP contribution in [0.25, 0.3) is 44.1 Å². The maximum Gasteiger partial charge on any atom is 0.573 e. The second kappa shape index (κ2) is 29.9. The van der Waals surface area contributed by atoms with E-state index in [2.05, 4.69) is 53.2 Å². The number of benzene rings is 6. The van der Waals surface area contributed by atoms with E-state index in [1.165, 1.54) is 61.7 Å². The van der Waals surface area contributed by atoms with Crippen molar-refractivity contribution in [2.75, 3.05) is 41.5 Å². The number of aromatic nitrogens is 2. The van der Waals surface area contributed by atoms with Gasteiger partial charge in [0.05, 0.1) is 39.7 Å². The first-order valence-electron chi connectivity index (χ1n) is 23.6. The number of ether oxygens (including phenoxy) is 6. The highest BCUT2D eigenvalue weighted by molar-refractivity contribution is 8.24. The number of carboxylic acid groups (broad SMARTS) is 1. The lowest BCUT2D eigenvalue weighted by Gasteiger charge is -2.19. The summed E-state index contributed by atoms with van der Waals surface area (Å²) in [7, 11) is 6.26. The Bertz CT molecular complexity index is 3520. The number of alkyl halides is 6. The van der Waals surface area contributed by atoms with E-state index >= 15 is 0 Å². The molecular weight excluding hydrogens is 1180 g/mol. The van der Waals surface area contributed by atoms with Gasteiger partial charge in [-0.15, -0.1) is 26.3 Å². The number of aromatic amines is 1. The fraction of sp³-hybridized carbons (Fsp3) is 0.214. The second-order valence-corrected chi connectivity index (χ2v) is 23.5. The number of rotatable bonds is 12. The summed E-state index contributed by atoms with van der Waals surface area (Å²) >= 11 is 20.1. The van der Waals surface area contributed by atoms with Gasteiger partial charge in [0.2, 0.25) is 0 Å². The molecule has 0 fully saturated rings. The monoisotopic (exact) mass is 1230 g/mol. The number of amides is 1. The average Bonchev–Trinajstić information content (AvgIpc) is 3.40. The lowest BCUT2D eigenvalue weighted by atomic mass is 10.1. The molecule has 0 atom stereocenters. The van der Waals surface area contributed by atoms with E-state index in [1.54, 1.807) is 82.9 Å². The molecule has 2 aromatic heterocycles. The molecule has 0 aliphatic carbocycles. The highest BCUT2D eigenvalue weighted by atomic mass is 36.0. The molecule has 0 saturated carbocycles. The van der Waals surface area contributed by atoms with Crippen LogP contribution in [-0.2, 0) is 4.57 Å². The minimum Gasteiger partial charge on any atom is -0.497 e. The smallest absolute Gasteiger partial charge is 0.497 e. The van der Waals surface area contributed by atoms with E-state index in [-0.39, 0.29) is 23.0 Å². The number of nitrogens with one attached hydrogen (secondary N) is 1. The van der Waals surface area contributed by atoms with E-state index in [1.807, 2.05) is 49.9 Å².